The number of pyridine rings is 1. The average Bonchev–Trinajstić information content (AvgIpc) is 3.19. The van der Waals surface area contributed by atoms with E-state index in [4.69, 9.17) is 27.6 Å². The molecule has 7 nitrogen and oxygen atoms in total. The zero-order chi connectivity index (χ0) is 21.2. The van der Waals surface area contributed by atoms with Crippen LogP contribution in [0.3, 0.4) is 0 Å². The lowest BCUT2D eigenvalue weighted by molar-refractivity contribution is 0.116. The van der Waals surface area contributed by atoms with E-state index in [1.54, 1.807) is 6.07 Å². The minimum absolute atomic E-state index is 0.0689. The topological polar surface area (TPSA) is 89.2 Å². The van der Waals surface area contributed by atoms with Gasteiger partial charge in [0, 0.05) is 6.20 Å². The monoisotopic (exact) mass is 462 g/mol. The van der Waals surface area contributed by atoms with Crippen molar-refractivity contribution in [3.63, 3.8) is 0 Å². The van der Waals surface area contributed by atoms with Crippen molar-refractivity contribution in [2.24, 2.45) is 0 Å². The van der Waals surface area contributed by atoms with Gasteiger partial charge in [0.15, 0.2) is 0 Å². The van der Waals surface area contributed by atoms with E-state index in [-0.39, 0.29) is 23.2 Å². The first-order chi connectivity index (χ1) is 13.7. The maximum Gasteiger partial charge on any atom is 0.314 e. The fraction of sp³-hybridized carbons (Fsp3) is 0.235. The van der Waals surface area contributed by atoms with Crippen molar-refractivity contribution in [3.05, 3.63) is 58.2 Å². The van der Waals surface area contributed by atoms with Crippen LogP contribution in [0.25, 0.3) is 11.5 Å². The molecule has 0 fully saturated rings. The van der Waals surface area contributed by atoms with Crippen molar-refractivity contribution in [2.75, 3.05) is 10.1 Å². The molecule has 0 atom stereocenters. The predicted octanol–water partition coefficient (Wildman–Crippen LogP) is 4.73. The van der Waals surface area contributed by atoms with Crippen LogP contribution in [-0.4, -0.2) is 29.4 Å². The van der Waals surface area contributed by atoms with Gasteiger partial charge in [-0.05, 0) is 37.3 Å². The predicted molar refractivity (Wildman–Crippen MR) is 105 cm³/mol. The molecule has 0 saturated heterocycles. The number of benzene rings is 1. The highest BCUT2D eigenvalue weighted by atomic mass is 35.5. The Labute approximate surface area is 175 Å². The van der Waals surface area contributed by atoms with Crippen LogP contribution in [0, 0.1) is 0 Å². The summed E-state index contributed by atoms with van der Waals surface area (Å²) in [5.74, 6) is -1.03. The molecular weight excluding hydrogens is 449 g/mol. The standard InChI is InChI=1S/C17H14Cl2F2N4O3S/c1-2-29(26,27)25(12-5-6-13(18)14(19)7-12)9-11-4-3-10(8-22-11)16-23-24-17(28-16)15(20)21/h3-8,15H,2,9H2,1H3. The lowest BCUT2D eigenvalue weighted by Gasteiger charge is -2.24. The summed E-state index contributed by atoms with van der Waals surface area (Å²) in [6.45, 7) is 1.45. The van der Waals surface area contributed by atoms with Crippen LogP contribution in [0.15, 0.2) is 40.9 Å². The molecule has 0 aliphatic rings. The quantitative estimate of drug-likeness (QED) is 0.503. The lowest BCUT2D eigenvalue weighted by Crippen LogP contribution is -2.32. The van der Waals surface area contributed by atoms with Crippen molar-refractivity contribution in [2.45, 2.75) is 19.9 Å². The van der Waals surface area contributed by atoms with Gasteiger partial charge >= 0.3 is 6.43 Å². The van der Waals surface area contributed by atoms with E-state index < -0.39 is 22.3 Å². The van der Waals surface area contributed by atoms with Crippen LogP contribution in [0.5, 0.6) is 0 Å². The van der Waals surface area contributed by atoms with Crippen LogP contribution in [-0.2, 0) is 16.6 Å². The number of rotatable bonds is 7. The van der Waals surface area contributed by atoms with Crippen LogP contribution >= 0.6 is 23.2 Å². The maximum atomic E-state index is 12.6. The van der Waals surface area contributed by atoms with E-state index >= 15 is 0 Å². The molecule has 2 aromatic heterocycles. The van der Waals surface area contributed by atoms with Gasteiger partial charge in [0.25, 0.3) is 5.89 Å². The molecule has 154 valence electrons. The third-order valence-corrected chi connectivity index (χ3v) is 6.38. The SMILES string of the molecule is CCS(=O)(=O)N(Cc1ccc(-c2nnc(C(F)F)o2)cn1)c1ccc(Cl)c(Cl)c1. The number of hydrogen-bond donors (Lipinski definition) is 0. The third-order valence-electron chi connectivity index (χ3n) is 3.90. The Morgan fingerprint density at radius 2 is 1.90 bits per heavy atom. The summed E-state index contributed by atoms with van der Waals surface area (Å²) >= 11 is 11.9. The fourth-order valence-corrected chi connectivity index (χ4v) is 3.75. The smallest absolute Gasteiger partial charge is 0.314 e. The Morgan fingerprint density at radius 3 is 2.45 bits per heavy atom. The van der Waals surface area contributed by atoms with Gasteiger partial charge in [-0.2, -0.15) is 8.78 Å². The van der Waals surface area contributed by atoms with E-state index in [1.807, 2.05) is 0 Å². The summed E-state index contributed by atoms with van der Waals surface area (Å²) in [6.07, 6.45) is -1.54. The van der Waals surface area contributed by atoms with E-state index in [0.29, 0.717) is 22.0 Å². The fourth-order valence-electron chi connectivity index (χ4n) is 2.38. The zero-order valence-electron chi connectivity index (χ0n) is 14.9. The molecule has 2 heterocycles. The molecule has 0 saturated carbocycles. The molecule has 12 heteroatoms. The van der Waals surface area contributed by atoms with Gasteiger partial charge in [0.05, 0.1) is 39.3 Å². The largest absolute Gasteiger partial charge is 0.415 e. The molecule has 3 rings (SSSR count). The first-order valence-electron chi connectivity index (χ1n) is 8.23. The first kappa shape index (κ1) is 21.4. The van der Waals surface area contributed by atoms with Crippen molar-refractivity contribution >= 4 is 38.9 Å². The summed E-state index contributed by atoms with van der Waals surface area (Å²) in [6, 6.07) is 7.56. The molecule has 3 aromatic rings. The lowest BCUT2D eigenvalue weighted by atomic mass is 10.2. The summed E-state index contributed by atoms with van der Waals surface area (Å²) in [4.78, 5) is 4.18. The second-order valence-electron chi connectivity index (χ2n) is 5.79. The number of aromatic nitrogens is 3. The molecule has 0 unspecified atom stereocenters. The number of anilines is 1. The first-order valence-corrected chi connectivity index (χ1v) is 10.6. The Hall–Kier alpha value is -2.30. The Balaban J connectivity index is 1.88. The third kappa shape index (κ3) is 4.82. The van der Waals surface area contributed by atoms with Crippen molar-refractivity contribution < 1.29 is 21.6 Å². The molecule has 0 bridgehead atoms. The maximum absolute atomic E-state index is 12.6. The van der Waals surface area contributed by atoms with Gasteiger partial charge in [0.1, 0.15) is 0 Å². The average molecular weight is 463 g/mol. The van der Waals surface area contributed by atoms with Crippen LogP contribution in [0.4, 0.5) is 14.5 Å². The number of halogens is 4. The normalized spacial score (nSPS) is 11.8. The summed E-state index contributed by atoms with van der Waals surface area (Å²) in [7, 11) is -3.64. The number of hydrogen-bond acceptors (Lipinski definition) is 6. The summed E-state index contributed by atoms with van der Waals surface area (Å²) in [5.41, 5.74) is 1.07. The van der Waals surface area contributed by atoms with E-state index in [2.05, 4.69) is 15.2 Å². The molecule has 1 aromatic carbocycles. The van der Waals surface area contributed by atoms with E-state index in [9.17, 15) is 17.2 Å². The molecule has 0 aliphatic carbocycles. The molecule has 0 amide bonds. The van der Waals surface area contributed by atoms with Crippen LogP contribution in [0.1, 0.15) is 24.9 Å². The second kappa shape index (κ2) is 8.60. The number of alkyl halides is 2. The van der Waals surface area contributed by atoms with Crippen molar-refractivity contribution in [3.8, 4) is 11.5 Å². The highest BCUT2D eigenvalue weighted by Crippen LogP contribution is 2.30. The number of nitrogens with zero attached hydrogens (tertiary/aromatic N) is 4. The zero-order valence-corrected chi connectivity index (χ0v) is 17.2. The van der Waals surface area contributed by atoms with Crippen molar-refractivity contribution in [1.29, 1.82) is 0 Å². The van der Waals surface area contributed by atoms with E-state index in [1.165, 1.54) is 41.7 Å². The molecule has 0 aliphatic heterocycles. The highest BCUT2D eigenvalue weighted by Gasteiger charge is 2.23. The molecule has 0 N–H and O–H groups in total. The summed E-state index contributed by atoms with van der Waals surface area (Å²) in [5, 5.41) is 7.32. The second-order valence-corrected chi connectivity index (χ2v) is 8.79. The Kier molecular flexibility index (Phi) is 6.35. The summed E-state index contributed by atoms with van der Waals surface area (Å²) < 4.78 is 56.3. The molecule has 0 radical (unpaired) electrons. The van der Waals surface area contributed by atoms with Gasteiger partial charge in [-0.1, -0.05) is 23.2 Å². The van der Waals surface area contributed by atoms with Gasteiger partial charge in [0.2, 0.25) is 15.9 Å². The highest BCUT2D eigenvalue weighted by molar-refractivity contribution is 7.92. The van der Waals surface area contributed by atoms with Gasteiger partial charge in [-0.15, -0.1) is 10.2 Å². The molecule has 0 spiro atoms. The van der Waals surface area contributed by atoms with Crippen LogP contribution < -0.4 is 4.31 Å². The van der Waals surface area contributed by atoms with E-state index in [0.717, 1.165) is 0 Å². The molecular formula is C17H14Cl2F2N4O3S. The minimum atomic E-state index is -3.64. The van der Waals surface area contributed by atoms with Crippen LogP contribution in [0.2, 0.25) is 10.0 Å². The number of sulfonamides is 1. The Morgan fingerprint density at radius 1 is 1.14 bits per heavy atom. The minimum Gasteiger partial charge on any atom is -0.415 e. The van der Waals surface area contributed by atoms with Crippen molar-refractivity contribution in [1.82, 2.24) is 15.2 Å². The van der Waals surface area contributed by atoms with Gasteiger partial charge < -0.3 is 4.42 Å². The Bertz CT molecular complexity index is 1110. The van der Waals surface area contributed by atoms with Gasteiger partial charge in [-0.25, -0.2) is 8.42 Å². The molecule has 29 heavy (non-hydrogen) atoms. The van der Waals surface area contributed by atoms with Gasteiger partial charge in [-0.3, -0.25) is 9.29 Å².